The summed E-state index contributed by atoms with van der Waals surface area (Å²) in [6, 6.07) is 17.1. The van der Waals surface area contributed by atoms with Gasteiger partial charge in [-0.1, -0.05) is 42.5 Å². The van der Waals surface area contributed by atoms with Crippen LogP contribution in [0.1, 0.15) is 16.1 Å². The van der Waals surface area contributed by atoms with Gasteiger partial charge in [0.05, 0.1) is 0 Å². The summed E-state index contributed by atoms with van der Waals surface area (Å²) in [4.78, 5) is 30.6. The van der Waals surface area contributed by atoms with E-state index in [4.69, 9.17) is 4.74 Å². The van der Waals surface area contributed by atoms with Crippen LogP contribution in [0.3, 0.4) is 0 Å². The second kappa shape index (κ2) is 6.36. The lowest BCUT2D eigenvalue weighted by Crippen LogP contribution is -2.33. The van der Waals surface area contributed by atoms with Crippen LogP contribution in [-0.4, -0.2) is 30.0 Å². The molecule has 0 fully saturated rings. The van der Waals surface area contributed by atoms with Gasteiger partial charge >= 0.3 is 5.97 Å². The average molecular weight is 332 g/mol. The van der Waals surface area contributed by atoms with Crippen molar-refractivity contribution in [2.24, 2.45) is 0 Å². The normalized spacial score (nSPS) is 12.9. The maximum atomic E-state index is 12.4. The molecule has 0 radical (unpaired) electrons. The minimum absolute atomic E-state index is 0.224. The number of hydrogen-bond donors (Lipinski definition) is 0. The van der Waals surface area contributed by atoms with Crippen LogP contribution in [0.15, 0.2) is 60.8 Å². The Balaban J connectivity index is 1.48. The van der Waals surface area contributed by atoms with Crippen molar-refractivity contribution in [1.29, 1.82) is 0 Å². The van der Waals surface area contributed by atoms with Crippen LogP contribution in [-0.2, 0) is 16.0 Å². The second-order valence-corrected chi connectivity index (χ2v) is 5.88. The molecular weight excluding hydrogens is 316 g/mol. The van der Waals surface area contributed by atoms with Crippen LogP contribution >= 0.6 is 0 Å². The molecule has 1 aliphatic rings. The van der Waals surface area contributed by atoms with E-state index in [0.717, 1.165) is 23.1 Å². The third kappa shape index (κ3) is 2.85. The van der Waals surface area contributed by atoms with Crippen molar-refractivity contribution < 1.29 is 14.3 Å². The Morgan fingerprint density at radius 1 is 1.04 bits per heavy atom. The predicted molar refractivity (Wildman–Crippen MR) is 94.5 cm³/mol. The van der Waals surface area contributed by atoms with Gasteiger partial charge < -0.3 is 9.64 Å². The molecule has 25 heavy (non-hydrogen) atoms. The lowest BCUT2D eigenvalue weighted by Gasteiger charge is -2.17. The number of para-hydroxylation sites is 1. The minimum Gasteiger partial charge on any atom is -0.451 e. The van der Waals surface area contributed by atoms with Gasteiger partial charge in [0.2, 0.25) is 0 Å². The quantitative estimate of drug-likeness (QED) is 0.692. The third-order valence-electron chi connectivity index (χ3n) is 4.38. The molecule has 5 heteroatoms. The molecule has 2 aromatic carbocycles. The summed E-state index contributed by atoms with van der Waals surface area (Å²) in [5.41, 5.74) is 2.26. The van der Waals surface area contributed by atoms with Crippen molar-refractivity contribution in [2.75, 3.05) is 18.1 Å². The number of anilines is 1. The van der Waals surface area contributed by atoms with Gasteiger partial charge in [0.15, 0.2) is 12.3 Å². The third-order valence-corrected chi connectivity index (χ3v) is 4.38. The number of carbonyl (C=O) groups is 2. The number of hydrogen-bond acceptors (Lipinski definition) is 4. The molecule has 4 rings (SSSR count). The highest BCUT2D eigenvalue weighted by Crippen LogP contribution is 2.27. The molecule has 0 saturated heterocycles. The van der Waals surface area contributed by atoms with Gasteiger partial charge in [-0.2, -0.15) is 0 Å². The Morgan fingerprint density at radius 2 is 1.84 bits per heavy atom. The molecule has 2 heterocycles. The zero-order valence-electron chi connectivity index (χ0n) is 13.5. The van der Waals surface area contributed by atoms with E-state index in [1.165, 1.54) is 0 Å². The number of aromatic nitrogens is 1. The highest BCUT2D eigenvalue weighted by atomic mass is 16.5. The summed E-state index contributed by atoms with van der Waals surface area (Å²) in [5.74, 6) is -0.809. The largest absolute Gasteiger partial charge is 0.451 e. The van der Waals surface area contributed by atoms with Crippen LogP contribution in [0.25, 0.3) is 10.8 Å². The summed E-state index contributed by atoms with van der Waals surface area (Å²) in [6.45, 7) is 0.320. The lowest BCUT2D eigenvalue weighted by molar-refractivity contribution is -0.121. The minimum atomic E-state index is -0.586. The number of amides is 1. The molecule has 5 nitrogen and oxygen atoms in total. The van der Waals surface area contributed by atoms with Crippen LogP contribution in [0.4, 0.5) is 5.69 Å². The van der Waals surface area contributed by atoms with E-state index in [1.807, 2.05) is 54.6 Å². The molecule has 1 amide bonds. The summed E-state index contributed by atoms with van der Waals surface area (Å²) in [6.07, 6.45) is 2.39. The van der Waals surface area contributed by atoms with E-state index in [0.29, 0.717) is 11.9 Å². The summed E-state index contributed by atoms with van der Waals surface area (Å²) >= 11 is 0. The average Bonchev–Trinajstić information content (AvgIpc) is 3.09. The molecule has 0 N–H and O–H groups in total. The Labute approximate surface area is 144 Å². The van der Waals surface area contributed by atoms with Gasteiger partial charge in [-0.15, -0.1) is 0 Å². The van der Waals surface area contributed by atoms with Crippen molar-refractivity contribution in [3.63, 3.8) is 0 Å². The zero-order valence-corrected chi connectivity index (χ0v) is 13.5. The van der Waals surface area contributed by atoms with Crippen LogP contribution in [0.5, 0.6) is 0 Å². The van der Waals surface area contributed by atoms with E-state index in [-0.39, 0.29) is 18.2 Å². The van der Waals surface area contributed by atoms with Crippen molar-refractivity contribution in [3.8, 4) is 0 Å². The monoisotopic (exact) mass is 332 g/mol. The predicted octanol–water partition coefficient (Wildman–Crippen LogP) is 2.98. The second-order valence-electron chi connectivity index (χ2n) is 5.88. The first-order chi connectivity index (χ1) is 12.2. The summed E-state index contributed by atoms with van der Waals surface area (Å²) in [7, 11) is 0. The Hall–Kier alpha value is -3.21. The molecule has 1 aromatic heterocycles. The Kier molecular flexibility index (Phi) is 3.90. The van der Waals surface area contributed by atoms with Gasteiger partial charge in [-0.05, 0) is 29.5 Å². The summed E-state index contributed by atoms with van der Waals surface area (Å²) in [5, 5.41) is 1.62. The maximum absolute atomic E-state index is 12.4. The van der Waals surface area contributed by atoms with Gasteiger partial charge in [-0.3, -0.25) is 4.79 Å². The van der Waals surface area contributed by atoms with Gasteiger partial charge in [-0.25, -0.2) is 9.78 Å². The number of carbonyl (C=O) groups excluding carboxylic acids is 2. The fourth-order valence-electron chi connectivity index (χ4n) is 3.15. The molecule has 0 unspecified atom stereocenters. The first kappa shape index (κ1) is 15.3. The number of pyridine rings is 1. The molecule has 1 aliphatic heterocycles. The van der Waals surface area contributed by atoms with Crippen molar-refractivity contribution >= 4 is 28.3 Å². The Bertz CT molecular complexity index is 963. The number of benzene rings is 2. The highest BCUT2D eigenvalue weighted by molar-refractivity contribution is 6.04. The molecule has 0 saturated carbocycles. The SMILES string of the molecule is O=C(OCC(=O)N1CCc2ccccc21)c1nccc2ccccc12. The van der Waals surface area contributed by atoms with E-state index in [2.05, 4.69) is 4.98 Å². The molecule has 0 spiro atoms. The van der Waals surface area contributed by atoms with Gasteiger partial charge in [0.1, 0.15) is 0 Å². The van der Waals surface area contributed by atoms with E-state index in [9.17, 15) is 9.59 Å². The van der Waals surface area contributed by atoms with Gasteiger partial charge in [0, 0.05) is 23.8 Å². The van der Waals surface area contributed by atoms with Crippen LogP contribution in [0, 0.1) is 0 Å². The first-order valence-corrected chi connectivity index (χ1v) is 8.13. The van der Waals surface area contributed by atoms with Crippen molar-refractivity contribution in [1.82, 2.24) is 4.98 Å². The number of fused-ring (bicyclic) bond motifs is 2. The van der Waals surface area contributed by atoms with Crippen LogP contribution in [0.2, 0.25) is 0 Å². The van der Waals surface area contributed by atoms with E-state index >= 15 is 0 Å². The van der Waals surface area contributed by atoms with E-state index < -0.39 is 5.97 Å². The maximum Gasteiger partial charge on any atom is 0.358 e. The number of esters is 1. The van der Waals surface area contributed by atoms with Crippen molar-refractivity contribution in [2.45, 2.75) is 6.42 Å². The number of nitrogens with zero attached hydrogens (tertiary/aromatic N) is 2. The summed E-state index contributed by atoms with van der Waals surface area (Å²) < 4.78 is 5.23. The topological polar surface area (TPSA) is 59.5 Å². The first-order valence-electron chi connectivity index (χ1n) is 8.13. The fourth-order valence-corrected chi connectivity index (χ4v) is 3.15. The lowest BCUT2D eigenvalue weighted by atomic mass is 10.1. The molecular formula is C20H16N2O3. The molecule has 0 bridgehead atoms. The smallest absolute Gasteiger partial charge is 0.358 e. The van der Waals surface area contributed by atoms with Gasteiger partial charge in [0.25, 0.3) is 5.91 Å². The zero-order chi connectivity index (χ0) is 17.2. The fraction of sp³-hybridized carbons (Fsp3) is 0.150. The van der Waals surface area contributed by atoms with Crippen molar-refractivity contribution in [3.05, 3.63) is 72.1 Å². The highest BCUT2D eigenvalue weighted by Gasteiger charge is 2.25. The molecule has 0 aliphatic carbocycles. The standard InChI is InChI=1S/C20H16N2O3/c23-18(22-12-10-15-6-2-4-8-17(15)22)13-25-20(24)19-16-7-3-1-5-14(16)9-11-21-19/h1-9,11H,10,12-13H2. The van der Waals surface area contributed by atoms with E-state index in [1.54, 1.807) is 11.1 Å². The number of ether oxygens (including phenoxy) is 1. The molecule has 124 valence electrons. The number of rotatable bonds is 3. The Morgan fingerprint density at radius 3 is 2.76 bits per heavy atom. The molecule has 3 aromatic rings. The molecule has 0 atom stereocenters. The van der Waals surface area contributed by atoms with Crippen LogP contribution < -0.4 is 4.90 Å².